The quantitative estimate of drug-likeness (QED) is 0.505. The number of nitrogens with one attached hydrogen (secondary N) is 2. The van der Waals surface area contributed by atoms with Crippen LogP contribution in [0.1, 0.15) is 36.2 Å². The van der Waals surface area contributed by atoms with Crippen molar-refractivity contribution < 1.29 is 32.3 Å². The molecule has 2 aromatic carbocycles. The average Bonchev–Trinajstić information content (AvgIpc) is 3.34. The van der Waals surface area contributed by atoms with Crippen LogP contribution >= 0.6 is 0 Å². The molecule has 2 N–H and O–H groups in total. The number of aromatic nitrogens is 1. The number of alkyl halides is 3. The Kier molecular flexibility index (Phi) is 5.69. The fourth-order valence-electron chi connectivity index (χ4n) is 5.18. The summed E-state index contributed by atoms with van der Waals surface area (Å²) in [4.78, 5) is 45.7. The van der Waals surface area contributed by atoms with Gasteiger partial charge in [0.2, 0.25) is 5.91 Å². The Bertz CT molecular complexity index is 1420. The second-order valence-corrected chi connectivity index (χ2v) is 9.41. The van der Waals surface area contributed by atoms with E-state index in [4.69, 9.17) is 4.74 Å². The van der Waals surface area contributed by atoms with Gasteiger partial charge in [-0.3, -0.25) is 9.59 Å². The Balaban J connectivity index is 1.37. The number of rotatable bonds is 5. The molecule has 0 aliphatic carbocycles. The Labute approximate surface area is 210 Å². The highest BCUT2D eigenvalue weighted by Gasteiger charge is 2.60. The molecule has 0 radical (unpaired) electrons. The highest BCUT2D eigenvalue weighted by Crippen LogP contribution is 2.45. The van der Waals surface area contributed by atoms with Gasteiger partial charge in [-0.05, 0) is 61.7 Å². The molecular formula is C26H25F3N4O4. The Morgan fingerprint density at radius 2 is 1.89 bits per heavy atom. The summed E-state index contributed by atoms with van der Waals surface area (Å²) in [5.41, 5.74) is 0.711. The van der Waals surface area contributed by atoms with Crippen LogP contribution in [0.25, 0.3) is 10.9 Å². The molecule has 11 heteroatoms. The predicted octanol–water partition coefficient (Wildman–Crippen LogP) is 3.94. The number of aromatic amines is 1. The summed E-state index contributed by atoms with van der Waals surface area (Å²) in [5, 5.41) is 3.53. The number of halogens is 3. The number of hydrogen-bond donors (Lipinski definition) is 2. The summed E-state index contributed by atoms with van der Waals surface area (Å²) in [6, 6.07) is 8.28. The van der Waals surface area contributed by atoms with Crippen LogP contribution in [-0.2, 0) is 34.3 Å². The topological polar surface area (TPSA) is 94.7 Å². The van der Waals surface area contributed by atoms with Crippen LogP contribution in [0, 0.1) is 0 Å². The number of ether oxygens (including phenoxy) is 1. The molecule has 0 bridgehead atoms. The van der Waals surface area contributed by atoms with Gasteiger partial charge in [0.1, 0.15) is 11.8 Å². The number of urea groups is 1. The lowest BCUT2D eigenvalue weighted by molar-refractivity contribution is -0.139. The van der Waals surface area contributed by atoms with Gasteiger partial charge >= 0.3 is 12.2 Å². The molecule has 2 unspecified atom stereocenters. The van der Waals surface area contributed by atoms with Gasteiger partial charge in [0, 0.05) is 24.0 Å². The molecule has 0 saturated carbocycles. The van der Waals surface area contributed by atoms with Crippen molar-refractivity contribution in [2.75, 3.05) is 13.7 Å². The number of hydrogen-bond acceptors (Lipinski definition) is 4. The van der Waals surface area contributed by atoms with Gasteiger partial charge in [0.25, 0.3) is 5.91 Å². The minimum absolute atomic E-state index is 0.0491. The van der Waals surface area contributed by atoms with Gasteiger partial charge in [-0.1, -0.05) is 12.1 Å². The van der Waals surface area contributed by atoms with E-state index in [2.05, 4.69) is 10.3 Å². The lowest BCUT2D eigenvalue weighted by Crippen LogP contribution is -2.49. The van der Waals surface area contributed by atoms with E-state index in [1.807, 2.05) is 12.1 Å². The molecule has 194 valence electrons. The summed E-state index contributed by atoms with van der Waals surface area (Å²) in [7, 11) is 1.57. The summed E-state index contributed by atoms with van der Waals surface area (Å²) >= 11 is 0. The van der Waals surface area contributed by atoms with E-state index in [1.54, 1.807) is 20.1 Å². The van der Waals surface area contributed by atoms with Gasteiger partial charge in [0.05, 0.1) is 18.4 Å². The zero-order valence-corrected chi connectivity index (χ0v) is 20.4. The van der Waals surface area contributed by atoms with Gasteiger partial charge < -0.3 is 19.9 Å². The molecule has 5 rings (SSSR count). The van der Waals surface area contributed by atoms with E-state index in [9.17, 15) is 27.6 Å². The number of nitrogens with zero attached hydrogens (tertiary/aromatic N) is 2. The van der Waals surface area contributed by atoms with E-state index in [0.29, 0.717) is 30.0 Å². The molecule has 1 fully saturated rings. The number of H-pyrrole nitrogens is 1. The van der Waals surface area contributed by atoms with E-state index in [1.165, 1.54) is 24.0 Å². The second kappa shape index (κ2) is 8.53. The van der Waals surface area contributed by atoms with E-state index >= 15 is 0 Å². The number of benzene rings is 2. The lowest BCUT2D eigenvalue weighted by atomic mass is 9.87. The number of imide groups is 1. The van der Waals surface area contributed by atoms with Crippen molar-refractivity contribution in [2.45, 2.75) is 44.6 Å². The van der Waals surface area contributed by atoms with Gasteiger partial charge in [-0.25, -0.2) is 9.69 Å². The zero-order chi connectivity index (χ0) is 26.7. The summed E-state index contributed by atoms with van der Waals surface area (Å²) < 4.78 is 43.7. The zero-order valence-electron chi connectivity index (χ0n) is 20.4. The third-order valence-corrected chi connectivity index (χ3v) is 7.31. The van der Waals surface area contributed by atoms with Gasteiger partial charge in [-0.15, -0.1) is 0 Å². The average molecular weight is 515 g/mol. The number of methoxy groups -OCH3 is 1. The van der Waals surface area contributed by atoms with Crippen molar-refractivity contribution in [1.29, 1.82) is 0 Å². The molecule has 8 nitrogen and oxygen atoms in total. The first-order valence-electron chi connectivity index (χ1n) is 11.7. The number of fused-ring (bicyclic) bond motifs is 5. The van der Waals surface area contributed by atoms with Gasteiger partial charge in [0.15, 0.2) is 5.54 Å². The number of carbonyl (C=O) groups excluding carboxylic acids is 3. The molecule has 37 heavy (non-hydrogen) atoms. The van der Waals surface area contributed by atoms with Crippen LogP contribution < -0.4 is 10.1 Å². The first-order chi connectivity index (χ1) is 17.5. The van der Waals surface area contributed by atoms with Crippen molar-refractivity contribution in [3.8, 4) is 5.75 Å². The Morgan fingerprint density at radius 1 is 1.19 bits per heavy atom. The minimum Gasteiger partial charge on any atom is -0.497 e. The van der Waals surface area contributed by atoms with Crippen molar-refractivity contribution in [1.82, 2.24) is 20.1 Å². The Hall–Kier alpha value is -4.02. The predicted molar refractivity (Wildman–Crippen MR) is 128 cm³/mol. The first kappa shape index (κ1) is 24.7. The SMILES string of the molecule is COc1ccc2[nH]c3c(c2c1)CCN1C(=O)N(C(C)C(=O)NCc2ccc(C(F)(F)F)cc2)C(=O)C31C. The maximum absolute atomic E-state index is 13.7. The molecule has 3 aromatic rings. The maximum Gasteiger partial charge on any atom is 0.416 e. The van der Waals surface area contributed by atoms with Crippen LogP contribution in [0.5, 0.6) is 5.75 Å². The van der Waals surface area contributed by atoms with E-state index < -0.39 is 41.2 Å². The van der Waals surface area contributed by atoms with Crippen molar-refractivity contribution >= 4 is 28.7 Å². The molecule has 3 heterocycles. The molecule has 2 atom stereocenters. The highest BCUT2D eigenvalue weighted by molar-refractivity contribution is 6.11. The summed E-state index contributed by atoms with van der Waals surface area (Å²) in [5.74, 6) is -0.434. The van der Waals surface area contributed by atoms with Crippen LogP contribution in [0.4, 0.5) is 18.0 Å². The Morgan fingerprint density at radius 3 is 2.54 bits per heavy atom. The molecule has 4 amide bonds. The third kappa shape index (κ3) is 3.80. The molecule has 2 aliphatic heterocycles. The monoisotopic (exact) mass is 514 g/mol. The van der Waals surface area contributed by atoms with Crippen LogP contribution in [0.3, 0.4) is 0 Å². The van der Waals surface area contributed by atoms with Crippen LogP contribution in [-0.4, -0.2) is 52.3 Å². The van der Waals surface area contributed by atoms with Crippen molar-refractivity contribution in [3.63, 3.8) is 0 Å². The van der Waals surface area contributed by atoms with Crippen molar-refractivity contribution in [2.24, 2.45) is 0 Å². The van der Waals surface area contributed by atoms with E-state index in [0.717, 1.165) is 33.5 Å². The maximum atomic E-state index is 13.7. The van der Waals surface area contributed by atoms with E-state index in [-0.39, 0.29) is 6.54 Å². The molecular weight excluding hydrogens is 489 g/mol. The smallest absolute Gasteiger partial charge is 0.416 e. The first-order valence-corrected chi connectivity index (χ1v) is 11.7. The molecule has 1 aromatic heterocycles. The third-order valence-electron chi connectivity index (χ3n) is 7.31. The minimum atomic E-state index is -4.45. The fraction of sp³-hybridized carbons (Fsp3) is 0.346. The largest absolute Gasteiger partial charge is 0.497 e. The summed E-state index contributed by atoms with van der Waals surface area (Å²) in [6.07, 6.45) is -3.93. The summed E-state index contributed by atoms with van der Waals surface area (Å²) in [6.45, 7) is 3.38. The molecule has 1 saturated heterocycles. The lowest BCUT2D eigenvalue weighted by Gasteiger charge is -2.36. The highest BCUT2D eigenvalue weighted by atomic mass is 19.4. The molecule has 0 spiro atoms. The van der Waals surface area contributed by atoms with Gasteiger partial charge in [-0.2, -0.15) is 13.2 Å². The fourth-order valence-corrected chi connectivity index (χ4v) is 5.18. The number of carbonyl (C=O) groups is 3. The van der Waals surface area contributed by atoms with Crippen LogP contribution in [0.15, 0.2) is 42.5 Å². The second-order valence-electron chi connectivity index (χ2n) is 9.41. The van der Waals surface area contributed by atoms with Crippen LogP contribution in [0.2, 0.25) is 0 Å². The normalized spacial score (nSPS) is 20.2. The standard InChI is InChI=1S/C26H25F3N4O4/c1-14(22(34)30-13-15-4-6-16(7-5-15)26(27,28)29)33-23(35)25(2)21-18(10-11-32(25)24(33)36)19-12-17(37-3)8-9-20(19)31-21/h4-9,12,14,31H,10-11,13H2,1-3H3,(H,30,34). The number of amides is 4. The van der Waals surface area contributed by atoms with Crippen molar-refractivity contribution in [3.05, 3.63) is 64.8 Å². The molecule has 2 aliphatic rings.